The van der Waals surface area contributed by atoms with E-state index in [1.807, 2.05) is 13.8 Å². The summed E-state index contributed by atoms with van der Waals surface area (Å²) in [4.78, 5) is 16.6. The van der Waals surface area contributed by atoms with Gasteiger partial charge in [-0.05, 0) is 57.8 Å². The molecule has 4 nitrogen and oxygen atoms in total. The van der Waals surface area contributed by atoms with E-state index in [-0.39, 0.29) is 5.91 Å². The van der Waals surface area contributed by atoms with Crippen molar-refractivity contribution < 1.29 is 4.79 Å². The summed E-state index contributed by atoms with van der Waals surface area (Å²) >= 11 is 0. The topological polar surface area (TPSA) is 35.6 Å². The number of hydrogen-bond donors (Lipinski definition) is 1. The van der Waals surface area contributed by atoms with Gasteiger partial charge < -0.3 is 15.1 Å². The largest absolute Gasteiger partial charge is 0.359 e. The number of nitrogens with one attached hydrogen (secondary N) is 1. The molecule has 0 atom stereocenters. The van der Waals surface area contributed by atoms with Crippen molar-refractivity contribution in [3.8, 4) is 0 Å². The average Bonchev–Trinajstić information content (AvgIpc) is 2.57. The normalized spacial score (nSPS) is 21.5. The first-order valence-electron chi connectivity index (χ1n) is 8.93. The minimum atomic E-state index is 0.201. The second kappa shape index (κ2) is 11.0. The molecule has 0 unspecified atom stereocenters. The maximum Gasteiger partial charge on any atom is 0.220 e. The lowest BCUT2D eigenvalue weighted by Crippen LogP contribution is -2.41. The van der Waals surface area contributed by atoms with Crippen LogP contribution in [0.5, 0.6) is 0 Å². The first-order valence-corrected chi connectivity index (χ1v) is 8.93. The van der Waals surface area contributed by atoms with E-state index in [0.29, 0.717) is 5.92 Å². The van der Waals surface area contributed by atoms with Crippen LogP contribution in [0.2, 0.25) is 0 Å². The number of piperidine rings is 2. The molecule has 0 saturated carbocycles. The molecule has 21 heavy (non-hydrogen) atoms. The Morgan fingerprint density at radius 1 is 0.952 bits per heavy atom. The van der Waals surface area contributed by atoms with E-state index in [2.05, 4.69) is 15.1 Å². The van der Waals surface area contributed by atoms with Gasteiger partial charge in [0.1, 0.15) is 0 Å². The van der Waals surface area contributed by atoms with Crippen LogP contribution < -0.4 is 5.32 Å². The fraction of sp³-hybridized carbons (Fsp3) is 0.941. The van der Waals surface area contributed by atoms with Gasteiger partial charge in [0.05, 0.1) is 0 Å². The second-order valence-electron chi connectivity index (χ2n) is 6.06. The van der Waals surface area contributed by atoms with Gasteiger partial charge in [-0.2, -0.15) is 0 Å². The molecule has 2 fully saturated rings. The number of amides is 1. The smallest absolute Gasteiger partial charge is 0.220 e. The zero-order valence-corrected chi connectivity index (χ0v) is 14.4. The molecule has 0 aliphatic carbocycles. The first-order chi connectivity index (χ1) is 10.3. The Labute approximate surface area is 131 Å². The Morgan fingerprint density at radius 2 is 1.48 bits per heavy atom. The minimum absolute atomic E-state index is 0.201. The molecule has 4 heteroatoms. The summed E-state index contributed by atoms with van der Waals surface area (Å²) in [6.45, 7) is 11.4. The summed E-state index contributed by atoms with van der Waals surface area (Å²) in [5.74, 6) is 0.804. The van der Waals surface area contributed by atoms with Crippen molar-refractivity contribution in [2.45, 2.75) is 52.4 Å². The Kier molecular flexibility index (Phi) is 9.68. The van der Waals surface area contributed by atoms with Gasteiger partial charge in [-0.15, -0.1) is 0 Å². The molecule has 2 heterocycles. The van der Waals surface area contributed by atoms with Gasteiger partial charge in [0, 0.05) is 26.6 Å². The molecule has 2 rings (SSSR count). The summed E-state index contributed by atoms with van der Waals surface area (Å²) < 4.78 is 0. The maximum atomic E-state index is 11.4. The molecule has 124 valence electrons. The van der Waals surface area contributed by atoms with Crippen molar-refractivity contribution in [2.24, 2.45) is 5.92 Å². The van der Waals surface area contributed by atoms with Crippen LogP contribution in [0.25, 0.3) is 0 Å². The number of hydrogen-bond acceptors (Lipinski definition) is 3. The Morgan fingerprint density at radius 3 is 2.00 bits per heavy atom. The van der Waals surface area contributed by atoms with Crippen LogP contribution in [-0.2, 0) is 4.79 Å². The quantitative estimate of drug-likeness (QED) is 0.846. The predicted octanol–water partition coefficient (Wildman–Crippen LogP) is 2.35. The van der Waals surface area contributed by atoms with Gasteiger partial charge >= 0.3 is 0 Å². The SMILES string of the molecule is CC.CNC(=O)CC1CCN(CCN2CCCCC2)CC1. The molecule has 1 N–H and O–H groups in total. The summed E-state index contributed by atoms with van der Waals surface area (Å²) in [6.07, 6.45) is 7.28. The van der Waals surface area contributed by atoms with Crippen LogP contribution in [0.3, 0.4) is 0 Å². The molecule has 0 bridgehead atoms. The molecule has 2 aliphatic heterocycles. The monoisotopic (exact) mass is 297 g/mol. The number of rotatable bonds is 5. The van der Waals surface area contributed by atoms with Gasteiger partial charge in [-0.1, -0.05) is 20.3 Å². The lowest BCUT2D eigenvalue weighted by molar-refractivity contribution is -0.121. The highest BCUT2D eigenvalue weighted by atomic mass is 16.1. The lowest BCUT2D eigenvalue weighted by Gasteiger charge is -2.34. The van der Waals surface area contributed by atoms with Gasteiger partial charge in [-0.25, -0.2) is 0 Å². The summed E-state index contributed by atoms with van der Waals surface area (Å²) in [6, 6.07) is 0. The van der Waals surface area contributed by atoms with Gasteiger partial charge in [0.2, 0.25) is 5.91 Å². The maximum absolute atomic E-state index is 11.4. The zero-order chi connectivity index (χ0) is 15.5. The molecule has 0 aromatic carbocycles. The minimum Gasteiger partial charge on any atom is -0.359 e. The zero-order valence-electron chi connectivity index (χ0n) is 14.4. The van der Waals surface area contributed by atoms with Crippen LogP contribution in [0.1, 0.15) is 52.4 Å². The fourth-order valence-electron chi connectivity index (χ4n) is 3.24. The third kappa shape index (κ3) is 7.28. The van der Waals surface area contributed by atoms with Crippen LogP contribution in [0, 0.1) is 5.92 Å². The Balaban J connectivity index is 0.00000106. The van der Waals surface area contributed by atoms with Gasteiger partial charge in [0.15, 0.2) is 0 Å². The van der Waals surface area contributed by atoms with Crippen molar-refractivity contribution in [3.05, 3.63) is 0 Å². The Bertz CT molecular complexity index is 269. The van der Waals surface area contributed by atoms with Crippen LogP contribution in [0.4, 0.5) is 0 Å². The predicted molar refractivity (Wildman–Crippen MR) is 89.5 cm³/mol. The molecule has 0 radical (unpaired) electrons. The van der Waals surface area contributed by atoms with Crippen LogP contribution >= 0.6 is 0 Å². The van der Waals surface area contributed by atoms with E-state index < -0.39 is 0 Å². The fourth-order valence-corrected chi connectivity index (χ4v) is 3.24. The number of carbonyl (C=O) groups is 1. The number of nitrogens with zero attached hydrogens (tertiary/aromatic N) is 2. The number of likely N-dealkylation sites (tertiary alicyclic amines) is 2. The van der Waals surface area contributed by atoms with E-state index in [0.717, 1.165) is 6.42 Å². The van der Waals surface area contributed by atoms with Crippen molar-refractivity contribution in [3.63, 3.8) is 0 Å². The van der Waals surface area contributed by atoms with Crippen molar-refractivity contribution in [1.29, 1.82) is 0 Å². The average molecular weight is 297 g/mol. The van der Waals surface area contributed by atoms with E-state index in [9.17, 15) is 4.79 Å². The highest BCUT2D eigenvalue weighted by Crippen LogP contribution is 2.20. The first kappa shape index (κ1) is 18.4. The second-order valence-corrected chi connectivity index (χ2v) is 6.06. The third-order valence-corrected chi connectivity index (χ3v) is 4.64. The van der Waals surface area contributed by atoms with E-state index in [1.54, 1.807) is 7.05 Å². The standard InChI is InChI=1S/C15H29N3O.C2H6/c1-16-15(19)13-14-5-9-18(10-6-14)12-11-17-7-3-2-4-8-17;1-2/h14H,2-13H2,1H3,(H,16,19);1-2H3. The van der Waals surface area contributed by atoms with Crippen molar-refractivity contribution in [2.75, 3.05) is 46.3 Å². The molecule has 0 spiro atoms. The van der Waals surface area contributed by atoms with Crippen molar-refractivity contribution in [1.82, 2.24) is 15.1 Å². The summed E-state index contributed by atoms with van der Waals surface area (Å²) in [5, 5.41) is 2.73. The molecule has 0 aromatic rings. The summed E-state index contributed by atoms with van der Waals surface area (Å²) in [5.41, 5.74) is 0. The van der Waals surface area contributed by atoms with E-state index in [4.69, 9.17) is 0 Å². The highest BCUT2D eigenvalue weighted by Gasteiger charge is 2.21. The highest BCUT2D eigenvalue weighted by molar-refractivity contribution is 5.75. The number of carbonyl (C=O) groups excluding carboxylic acids is 1. The van der Waals surface area contributed by atoms with Gasteiger partial charge in [-0.3, -0.25) is 4.79 Å². The van der Waals surface area contributed by atoms with Gasteiger partial charge in [0.25, 0.3) is 0 Å². The Hall–Kier alpha value is -0.610. The third-order valence-electron chi connectivity index (χ3n) is 4.64. The molecule has 1 amide bonds. The molecule has 2 aliphatic rings. The molecular formula is C17H35N3O. The molecular weight excluding hydrogens is 262 g/mol. The summed E-state index contributed by atoms with van der Waals surface area (Å²) in [7, 11) is 1.73. The van der Waals surface area contributed by atoms with Crippen molar-refractivity contribution >= 4 is 5.91 Å². The van der Waals surface area contributed by atoms with E-state index in [1.165, 1.54) is 71.4 Å². The lowest BCUT2D eigenvalue weighted by atomic mass is 9.93. The van der Waals surface area contributed by atoms with Crippen LogP contribution in [-0.4, -0.2) is 62.0 Å². The van der Waals surface area contributed by atoms with E-state index >= 15 is 0 Å². The molecule has 2 saturated heterocycles. The van der Waals surface area contributed by atoms with Crippen LogP contribution in [0.15, 0.2) is 0 Å². The molecule has 0 aromatic heterocycles.